The number of ether oxygens (including phenoxy) is 3. The zero-order chi connectivity index (χ0) is 49.8. The molecular weight excluding hydrogens is 937 g/mol. The molecule has 0 aliphatic carbocycles. The summed E-state index contributed by atoms with van der Waals surface area (Å²) in [6.07, 6.45) is -0.488. The molecule has 2 atom stereocenters. The molecule has 1 amide bonds. The zero-order valence-corrected chi connectivity index (χ0v) is 36.4. The molecule has 0 unspecified atom stereocenters. The molecule has 0 saturated heterocycles. The van der Waals surface area contributed by atoms with E-state index in [1.165, 1.54) is 5.48 Å². The number of hydroxylamine groups is 1. The first kappa shape index (κ1) is 56.0. The van der Waals surface area contributed by atoms with Crippen LogP contribution in [-0.2, 0) is 34.4 Å². The van der Waals surface area contributed by atoms with Gasteiger partial charge in [-0.25, -0.2) is 48.7 Å². The Morgan fingerprint density at radius 1 is 0.682 bits per heavy atom. The molecule has 0 fully saturated rings. The lowest BCUT2D eigenvalue weighted by atomic mass is 10.1. The van der Waals surface area contributed by atoms with Crippen LogP contribution in [0.15, 0.2) is 87.6 Å². The topological polar surface area (TPSA) is 335 Å². The van der Waals surface area contributed by atoms with E-state index in [0.717, 1.165) is 62.8 Å². The van der Waals surface area contributed by atoms with Crippen molar-refractivity contribution in [1.82, 2.24) is 20.2 Å². The smallest absolute Gasteiger partial charge is 0.323 e. The number of sulfonamides is 2. The number of esters is 1. The molecule has 0 radical (unpaired) electrons. The van der Waals surface area contributed by atoms with Gasteiger partial charge in [-0.3, -0.25) is 25.1 Å². The molecule has 0 heterocycles. The van der Waals surface area contributed by atoms with E-state index in [4.69, 9.17) is 42.7 Å². The van der Waals surface area contributed by atoms with Crippen LogP contribution in [0.25, 0.3) is 0 Å². The summed E-state index contributed by atoms with van der Waals surface area (Å²) >= 11 is 0. The van der Waals surface area contributed by atoms with E-state index in [1.807, 2.05) is 4.72 Å². The number of hydrogen-bond acceptors (Lipinski definition) is 15. The van der Waals surface area contributed by atoms with Gasteiger partial charge in [0.2, 0.25) is 20.0 Å². The molecule has 4 aromatic rings. The lowest BCUT2D eigenvalue weighted by molar-refractivity contribution is -0.142. The molecule has 0 aliphatic heterocycles. The minimum absolute atomic E-state index is 0.00233. The number of hydrogen-bond donors (Lipinski definition) is 10. The first-order valence-electron chi connectivity index (χ1n) is 18.7. The van der Waals surface area contributed by atoms with Crippen molar-refractivity contribution in [3.63, 3.8) is 0 Å². The van der Waals surface area contributed by atoms with Crippen molar-refractivity contribution in [1.29, 1.82) is 0 Å². The van der Waals surface area contributed by atoms with Crippen molar-refractivity contribution in [3.8, 4) is 23.0 Å². The number of aliphatic hydroxyl groups excluding tert-OH is 1. The quantitative estimate of drug-likeness (QED) is 0.00834. The van der Waals surface area contributed by atoms with Crippen LogP contribution in [0.1, 0.15) is 25.7 Å². The van der Waals surface area contributed by atoms with Crippen LogP contribution in [0.4, 0.5) is 26.3 Å². The summed E-state index contributed by atoms with van der Waals surface area (Å²) in [5.41, 5.74) is 22.3. The number of aliphatic imine (C=N–C) groups is 1. The summed E-state index contributed by atoms with van der Waals surface area (Å²) in [4.78, 5) is 25.8. The Balaban J connectivity index is 0.000000437. The summed E-state index contributed by atoms with van der Waals surface area (Å²) < 4.78 is 153. The Hall–Kier alpha value is -6.11. The second-order valence-electron chi connectivity index (χ2n) is 13.0. The monoisotopic (exact) mass is 983 g/mol. The fourth-order valence-corrected chi connectivity index (χ4v) is 7.59. The first-order chi connectivity index (χ1) is 31.1. The van der Waals surface area contributed by atoms with E-state index >= 15 is 0 Å². The molecule has 4 aromatic carbocycles. The van der Waals surface area contributed by atoms with Crippen LogP contribution in [0.5, 0.6) is 23.0 Å². The van der Waals surface area contributed by atoms with Crippen LogP contribution in [-0.4, -0.2) is 90.7 Å². The average molecular weight is 984 g/mol. The van der Waals surface area contributed by atoms with Gasteiger partial charge in [0.05, 0.1) is 16.9 Å². The van der Waals surface area contributed by atoms with Gasteiger partial charge in [0.15, 0.2) is 40.7 Å². The highest BCUT2D eigenvalue weighted by molar-refractivity contribution is 7.89. The molecule has 66 heavy (non-hydrogen) atoms. The summed E-state index contributed by atoms with van der Waals surface area (Å²) in [7, 11) is -7.05. The largest absolute Gasteiger partial charge is 0.468 e. The van der Waals surface area contributed by atoms with Gasteiger partial charge in [-0.05, 0) is 105 Å². The second kappa shape index (κ2) is 26.8. The van der Waals surface area contributed by atoms with Gasteiger partial charge < -0.3 is 42.3 Å². The van der Waals surface area contributed by atoms with Gasteiger partial charge in [0.1, 0.15) is 41.5 Å². The third-order valence-corrected chi connectivity index (χ3v) is 11.0. The van der Waals surface area contributed by atoms with Crippen LogP contribution in [0.2, 0.25) is 0 Å². The number of carbonyl (C=O) groups is 2. The van der Waals surface area contributed by atoms with E-state index < -0.39 is 106 Å². The summed E-state index contributed by atoms with van der Waals surface area (Å²) in [6.45, 7) is 0.351. The van der Waals surface area contributed by atoms with Gasteiger partial charge in [-0.1, -0.05) is 0 Å². The van der Waals surface area contributed by atoms with E-state index in [-0.39, 0.29) is 49.8 Å². The number of aliphatic hydroxyl groups is 1. The summed E-state index contributed by atoms with van der Waals surface area (Å²) in [5, 5.41) is 18.5. The van der Waals surface area contributed by atoms with E-state index in [1.54, 1.807) is 0 Å². The Kier molecular flexibility index (Phi) is 22.7. The Morgan fingerprint density at radius 2 is 1.08 bits per heavy atom. The van der Waals surface area contributed by atoms with Crippen molar-refractivity contribution in [2.45, 2.75) is 53.8 Å². The molecule has 0 saturated carbocycles. The molecule has 0 bridgehead atoms. The standard InChI is InChI=1S/C19H23F3N4O5S.C18H20F3N5O5S.CH4O/c1-30-18(27)16(3-2-8-25-19(23)24)26-32(28,29)13-9-14(21)17(15(22)10-13)31-12-6-4-11(20)5-7-12;19-10-3-5-11(6-4-10)31-16-13(20)8-12(9-14(16)21)32(29,30)26-15(17(27)25-28)2-1-7-24-18(22)23;1-2/h4-7,9-10,16,19,25-26H,2-3,8,23-24H2,1H3;3-6,8-9,15,26,28H,1-2,7H2,(H,25,27)(H4,22,23,24);2H,1H3/t16-;15-;/m11./s1. The van der Waals surface area contributed by atoms with Gasteiger partial charge in [0.25, 0.3) is 5.91 Å². The number of rotatable bonds is 21. The molecule has 0 aliphatic rings. The molecule has 4 rings (SSSR count). The fourth-order valence-electron chi connectivity index (χ4n) is 5.10. The molecule has 20 nitrogen and oxygen atoms in total. The van der Waals surface area contributed by atoms with Gasteiger partial charge >= 0.3 is 5.97 Å². The van der Waals surface area contributed by atoms with Gasteiger partial charge in [-0.15, -0.1) is 0 Å². The normalized spacial score (nSPS) is 12.1. The summed E-state index contributed by atoms with van der Waals surface area (Å²) in [6, 6.07) is 7.85. The minimum atomic E-state index is -4.60. The van der Waals surface area contributed by atoms with Crippen molar-refractivity contribution < 1.29 is 77.3 Å². The zero-order valence-electron chi connectivity index (χ0n) is 34.8. The van der Waals surface area contributed by atoms with Crippen LogP contribution in [0.3, 0.4) is 0 Å². The average Bonchev–Trinajstić information content (AvgIpc) is 3.26. The Labute approximate surface area is 374 Å². The highest BCUT2D eigenvalue weighted by atomic mass is 32.2. The first-order valence-corrected chi connectivity index (χ1v) is 21.7. The van der Waals surface area contributed by atoms with Crippen molar-refractivity contribution in [2.24, 2.45) is 27.9 Å². The highest BCUT2D eigenvalue weighted by Gasteiger charge is 2.30. The van der Waals surface area contributed by atoms with Gasteiger partial charge in [0, 0.05) is 13.7 Å². The number of methoxy groups -OCH3 is 1. The van der Waals surface area contributed by atoms with Crippen LogP contribution >= 0.6 is 0 Å². The van der Waals surface area contributed by atoms with Crippen molar-refractivity contribution >= 4 is 37.9 Å². The number of nitrogens with two attached hydrogens (primary N) is 4. The Bertz CT molecular complexity index is 2430. The number of nitrogens with one attached hydrogen (secondary N) is 4. The van der Waals surface area contributed by atoms with E-state index in [9.17, 15) is 52.8 Å². The predicted molar refractivity (Wildman–Crippen MR) is 223 cm³/mol. The van der Waals surface area contributed by atoms with E-state index in [2.05, 4.69) is 19.8 Å². The number of carbonyl (C=O) groups excluding carboxylic acids is 2. The third kappa shape index (κ3) is 18.0. The molecule has 0 spiro atoms. The van der Waals surface area contributed by atoms with Crippen LogP contribution < -0.4 is 52.6 Å². The SMILES string of the molecule is CO.COC(=O)[C@@H](CCCNC(N)N)NS(=O)(=O)c1cc(F)c(Oc2ccc(F)cc2)c(F)c1.NC(N)=NCCC[C@@H](NS(=O)(=O)c1cc(F)c(Oc2ccc(F)cc2)c(F)c1)C(=O)NO. The number of benzene rings is 4. The highest BCUT2D eigenvalue weighted by Crippen LogP contribution is 2.32. The maximum Gasteiger partial charge on any atom is 0.323 e. The predicted octanol–water partition coefficient (Wildman–Crippen LogP) is 2.00. The van der Waals surface area contributed by atoms with E-state index in [0.29, 0.717) is 30.7 Å². The number of halogens is 6. The van der Waals surface area contributed by atoms with Crippen LogP contribution in [0, 0.1) is 34.9 Å². The number of guanidine groups is 1. The minimum Gasteiger partial charge on any atom is -0.468 e. The third-order valence-electron chi connectivity index (χ3n) is 8.13. The van der Waals surface area contributed by atoms with Crippen molar-refractivity contribution in [3.05, 3.63) is 108 Å². The summed E-state index contributed by atoms with van der Waals surface area (Å²) in [5.74, 6) is -10.6. The second-order valence-corrected chi connectivity index (χ2v) is 16.4. The number of nitrogens with zero attached hydrogens (tertiary/aromatic N) is 1. The maximum absolute atomic E-state index is 14.4. The molecule has 0 aromatic heterocycles. The lowest BCUT2D eigenvalue weighted by Crippen LogP contribution is -2.46. The fraction of sp³-hybridized carbons (Fsp3) is 0.289. The molecule has 14 N–H and O–H groups in total. The Morgan fingerprint density at radius 3 is 1.44 bits per heavy atom. The number of amides is 1. The lowest BCUT2D eigenvalue weighted by Gasteiger charge is -2.18. The molecule has 28 heteroatoms. The van der Waals surface area contributed by atoms with Crippen molar-refractivity contribution in [2.75, 3.05) is 27.3 Å². The maximum atomic E-state index is 14.4. The molecular formula is C38H47F6N9O11S2. The van der Waals surface area contributed by atoms with Gasteiger partial charge in [-0.2, -0.15) is 9.44 Å². The molecule has 364 valence electrons.